The second-order valence-electron chi connectivity index (χ2n) is 5.72. The maximum absolute atomic E-state index is 12.2. The first kappa shape index (κ1) is 17.7. The van der Waals surface area contributed by atoms with Crippen molar-refractivity contribution >= 4 is 39.7 Å². The van der Waals surface area contributed by atoms with E-state index < -0.39 is 10.0 Å². The zero-order chi connectivity index (χ0) is 15.0. The molecule has 9 heteroatoms. The molecule has 0 aromatic carbocycles. The summed E-state index contributed by atoms with van der Waals surface area (Å²) < 4.78 is 26.5. The van der Waals surface area contributed by atoms with Gasteiger partial charge in [0, 0.05) is 19.1 Å². The molecule has 1 aromatic heterocycles. The summed E-state index contributed by atoms with van der Waals surface area (Å²) >= 11 is 1.14. The lowest BCUT2D eigenvalue weighted by Gasteiger charge is -2.18. The normalized spacial score (nSPS) is 27.5. The molecule has 0 bridgehead atoms. The Morgan fingerprint density at radius 3 is 2.82 bits per heavy atom. The SMILES string of the molecule is Cl.NC1CCC2CN(C(=O)CNS(=O)(=O)c3cccs3)CC12. The van der Waals surface area contributed by atoms with Crippen LogP contribution in [-0.4, -0.2) is 44.9 Å². The quantitative estimate of drug-likeness (QED) is 0.819. The van der Waals surface area contributed by atoms with Crippen LogP contribution in [0.3, 0.4) is 0 Å². The zero-order valence-corrected chi connectivity index (χ0v) is 14.4. The molecule has 3 N–H and O–H groups in total. The molecule has 1 aromatic rings. The van der Waals surface area contributed by atoms with Crippen LogP contribution in [-0.2, 0) is 14.8 Å². The van der Waals surface area contributed by atoms with Crippen LogP contribution >= 0.6 is 23.7 Å². The molecule has 1 aliphatic carbocycles. The van der Waals surface area contributed by atoms with Gasteiger partial charge in [0.15, 0.2) is 0 Å². The lowest BCUT2D eigenvalue weighted by Crippen LogP contribution is -2.40. The molecular weight excluding hydrogens is 346 g/mol. The molecule has 124 valence electrons. The zero-order valence-electron chi connectivity index (χ0n) is 12.0. The number of rotatable bonds is 4. The average molecular weight is 366 g/mol. The molecule has 3 unspecified atom stereocenters. The second kappa shape index (κ2) is 6.84. The predicted octanol–water partition coefficient (Wildman–Crippen LogP) is 0.644. The average Bonchev–Trinajstić information content (AvgIpc) is 3.14. The summed E-state index contributed by atoms with van der Waals surface area (Å²) in [6.07, 6.45) is 2.10. The molecule has 22 heavy (non-hydrogen) atoms. The highest BCUT2D eigenvalue weighted by Gasteiger charge is 2.42. The van der Waals surface area contributed by atoms with Gasteiger partial charge >= 0.3 is 0 Å². The minimum Gasteiger partial charge on any atom is -0.341 e. The van der Waals surface area contributed by atoms with Crippen LogP contribution in [0.1, 0.15) is 12.8 Å². The number of sulfonamides is 1. The minimum atomic E-state index is -3.57. The minimum absolute atomic E-state index is 0. The fourth-order valence-electron chi connectivity index (χ4n) is 3.27. The van der Waals surface area contributed by atoms with Gasteiger partial charge in [-0.2, -0.15) is 0 Å². The summed E-state index contributed by atoms with van der Waals surface area (Å²) in [4.78, 5) is 13.9. The highest BCUT2D eigenvalue weighted by molar-refractivity contribution is 7.91. The van der Waals surface area contributed by atoms with Gasteiger partial charge in [0.1, 0.15) is 4.21 Å². The summed E-state index contributed by atoms with van der Waals surface area (Å²) in [5.74, 6) is 0.692. The molecule has 0 spiro atoms. The molecule has 1 saturated carbocycles. The standard InChI is InChI=1S/C13H19N3O3S2.ClH/c14-11-4-3-9-7-16(8-10(9)11)12(17)6-15-21(18,19)13-2-1-5-20-13;/h1-2,5,9-11,15H,3-4,6-8,14H2;1H. The lowest BCUT2D eigenvalue weighted by atomic mass is 9.98. The van der Waals surface area contributed by atoms with Gasteiger partial charge in [-0.15, -0.1) is 23.7 Å². The van der Waals surface area contributed by atoms with Crippen molar-refractivity contribution < 1.29 is 13.2 Å². The van der Waals surface area contributed by atoms with E-state index in [4.69, 9.17) is 5.73 Å². The number of likely N-dealkylation sites (tertiary alicyclic amines) is 1. The predicted molar refractivity (Wildman–Crippen MR) is 87.5 cm³/mol. The number of nitrogens with one attached hydrogen (secondary N) is 1. The van der Waals surface area contributed by atoms with E-state index >= 15 is 0 Å². The van der Waals surface area contributed by atoms with Crippen LogP contribution in [0.2, 0.25) is 0 Å². The number of thiophene rings is 1. The smallest absolute Gasteiger partial charge is 0.250 e. The number of amides is 1. The molecule has 0 radical (unpaired) electrons. The Bertz CT molecular complexity index is 620. The molecule has 3 atom stereocenters. The van der Waals surface area contributed by atoms with Crippen molar-refractivity contribution in [2.24, 2.45) is 17.6 Å². The maximum atomic E-state index is 12.2. The van der Waals surface area contributed by atoms with Crippen LogP contribution in [0.25, 0.3) is 0 Å². The summed E-state index contributed by atoms with van der Waals surface area (Å²) in [6.45, 7) is 1.18. The van der Waals surface area contributed by atoms with Crippen molar-refractivity contribution in [3.8, 4) is 0 Å². The largest absolute Gasteiger partial charge is 0.341 e. The molecule has 1 saturated heterocycles. The van der Waals surface area contributed by atoms with Gasteiger partial charge in [0.25, 0.3) is 10.0 Å². The Balaban J connectivity index is 0.00000176. The number of carbonyl (C=O) groups excluding carboxylic acids is 1. The van der Waals surface area contributed by atoms with Crippen molar-refractivity contribution in [2.75, 3.05) is 19.6 Å². The van der Waals surface area contributed by atoms with Gasteiger partial charge in [-0.05, 0) is 36.1 Å². The second-order valence-corrected chi connectivity index (χ2v) is 8.66. The van der Waals surface area contributed by atoms with E-state index in [1.54, 1.807) is 16.3 Å². The maximum Gasteiger partial charge on any atom is 0.250 e. The van der Waals surface area contributed by atoms with Gasteiger partial charge in [0.2, 0.25) is 5.91 Å². The van der Waals surface area contributed by atoms with Crippen LogP contribution in [0.4, 0.5) is 0 Å². The molecule has 6 nitrogen and oxygen atoms in total. The summed E-state index contributed by atoms with van der Waals surface area (Å²) in [7, 11) is -3.57. The molecule has 2 fully saturated rings. The molecule has 2 aliphatic rings. The number of halogens is 1. The van der Waals surface area contributed by atoms with Gasteiger partial charge in [-0.3, -0.25) is 4.79 Å². The van der Waals surface area contributed by atoms with Gasteiger partial charge in [-0.25, -0.2) is 13.1 Å². The lowest BCUT2D eigenvalue weighted by molar-refractivity contribution is -0.129. The first-order chi connectivity index (χ1) is 9.97. The van der Waals surface area contributed by atoms with E-state index in [0.29, 0.717) is 24.9 Å². The third-order valence-electron chi connectivity index (χ3n) is 4.44. The van der Waals surface area contributed by atoms with Crippen LogP contribution in [0.15, 0.2) is 21.7 Å². The van der Waals surface area contributed by atoms with Crippen molar-refractivity contribution in [3.05, 3.63) is 17.5 Å². The van der Waals surface area contributed by atoms with E-state index in [1.165, 1.54) is 6.07 Å². The molecule has 2 heterocycles. The van der Waals surface area contributed by atoms with E-state index in [-0.39, 0.29) is 35.1 Å². The van der Waals surface area contributed by atoms with E-state index in [0.717, 1.165) is 24.2 Å². The van der Waals surface area contributed by atoms with E-state index in [9.17, 15) is 13.2 Å². The van der Waals surface area contributed by atoms with Gasteiger partial charge < -0.3 is 10.6 Å². The Hall–Kier alpha value is -0.670. The Labute approximate surface area is 140 Å². The summed E-state index contributed by atoms with van der Waals surface area (Å²) in [5, 5.41) is 1.69. The van der Waals surface area contributed by atoms with Gasteiger partial charge in [-0.1, -0.05) is 6.07 Å². The third-order valence-corrected chi connectivity index (χ3v) is 7.24. The van der Waals surface area contributed by atoms with Crippen LogP contribution in [0, 0.1) is 11.8 Å². The van der Waals surface area contributed by atoms with Crippen molar-refractivity contribution in [1.82, 2.24) is 9.62 Å². The highest BCUT2D eigenvalue weighted by atomic mass is 35.5. The number of carbonyl (C=O) groups is 1. The molecule has 3 rings (SSSR count). The fraction of sp³-hybridized carbons (Fsp3) is 0.615. The third kappa shape index (κ3) is 3.46. The van der Waals surface area contributed by atoms with Crippen LogP contribution in [0.5, 0.6) is 0 Å². The number of hydrogen-bond donors (Lipinski definition) is 2. The molecular formula is C13H20ClN3O3S2. The number of hydrogen-bond acceptors (Lipinski definition) is 5. The molecule has 1 amide bonds. The van der Waals surface area contributed by atoms with E-state index in [1.807, 2.05) is 0 Å². The molecule has 1 aliphatic heterocycles. The Morgan fingerprint density at radius 2 is 2.18 bits per heavy atom. The first-order valence-electron chi connectivity index (χ1n) is 7.04. The Kier molecular flexibility index (Phi) is 5.50. The number of nitrogens with zero attached hydrogens (tertiary/aromatic N) is 1. The van der Waals surface area contributed by atoms with Crippen molar-refractivity contribution in [3.63, 3.8) is 0 Å². The summed E-state index contributed by atoms with van der Waals surface area (Å²) in [6, 6.07) is 3.37. The summed E-state index contributed by atoms with van der Waals surface area (Å²) in [5.41, 5.74) is 6.04. The fourth-order valence-corrected chi connectivity index (χ4v) is 5.28. The van der Waals surface area contributed by atoms with Crippen LogP contribution < -0.4 is 10.5 Å². The Morgan fingerprint density at radius 1 is 1.41 bits per heavy atom. The number of nitrogens with two attached hydrogens (primary N) is 1. The van der Waals surface area contributed by atoms with E-state index in [2.05, 4.69) is 4.72 Å². The first-order valence-corrected chi connectivity index (χ1v) is 9.40. The monoisotopic (exact) mass is 365 g/mol. The van der Waals surface area contributed by atoms with Crippen molar-refractivity contribution in [1.29, 1.82) is 0 Å². The van der Waals surface area contributed by atoms with Gasteiger partial charge in [0.05, 0.1) is 6.54 Å². The number of fused-ring (bicyclic) bond motifs is 1. The van der Waals surface area contributed by atoms with Crippen molar-refractivity contribution in [2.45, 2.75) is 23.1 Å². The highest BCUT2D eigenvalue weighted by Crippen LogP contribution is 2.37. The topological polar surface area (TPSA) is 92.5 Å².